The summed E-state index contributed by atoms with van der Waals surface area (Å²) in [4.78, 5) is 26.4. The molecule has 0 aliphatic rings. The first kappa shape index (κ1) is 30.1. The van der Waals surface area contributed by atoms with Crippen molar-refractivity contribution in [3.05, 3.63) is 82.9 Å². The van der Waals surface area contributed by atoms with Crippen molar-refractivity contribution in [2.75, 3.05) is 32.1 Å². The first-order chi connectivity index (χ1) is 19.6. The Hall–Kier alpha value is -3.90. The lowest BCUT2D eigenvalue weighted by molar-refractivity contribution is -0.645. The van der Waals surface area contributed by atoms with Crippen LogP contribution in [0.15, 0.2) is 60.7 Å². The third-order valence-corrected chi connectivity index (χ3v) is 7.43. The van der Waals surface area contributed by atoms with E-state index in [1.54, 1.807) is 26.0 Å². The van der Waals surface area contributed by atoms with Crippen molar-refractivity contribution in [2.24, 2.45) is 5.73 Å². The fourth-order valence-corrected chi connectivity index (χ4v) is 5.39. The van der Waals surface area contributed by atoms with Gasteiger partial charge in [0.25, 0.3) is 16.0 Å². The number of carbonyl (C=O) groups excluding carboxylic acids is 2. The zero-order valence-electron chi connectivity index (χ0n) is 23.1. The van der Waals surface area contributed by atoms with E-state index in [1.165, 1.54) is 0 Å². The van der Waals surface area contributed by atoms with Gasteiger partial charge in [-0.15, -0.1) is 0 Å². The molecule has 41 heavy (non-hydrogen) atoms. The van der Waals surface area contributed by atoms with Crippen molar-refractivity contribution in [1.29, 1.82) is 0 Å². The number of esters is 1. The number of rotatable bonds is 12. The molecule has 1 heterocycles. The highest BCUT2D eigenvalue weighted by atomic mass is 32.2. The number of aryl methyl sites for hydroxylation is 3. The largest absolute Gasteiger partial charge is 0.422 e. The highest BCUT2D eigenvalue weighted by Gasteiger charge is 2.26. The minimum atomic E-state index is -4.10. The third kappa shape index (κ3) is 7.25. The van der Waals surface area contributed by atoms with Crippen LogP contribution in [-0.4, -0.2) is 56.9 Å². The van der Waals surface area contributed by atoms with Gasteiger partial charge in [-0.1, -0.05) is 24.3 Å². The number of ether oxygens (including phenoxy) is 2. The number of nitrogens with one attached hydrogen (secondary N) is 1. The molecule has 1 aromatic heterocycles. The molecular formula is C30H34N3O7S+. The van der Waals surface area contributed by atoms with Crippen LogP contribution in [0.2, 0.25) is 0 Å². The van der Waals surface area contributed by atoms with Crippen LogP contribution < -0.4 is 20.4 Å². The van der Waals surface area contributed by atoms with E-state index in [9.17, 15) is 22.6 Å². The number of para-hydroxylation sites is 2. The van der Waals surface area contributed by atoms with Crippen LogP contribution in [0.5, 0.6) is 5.75 Å². The zero-order chi connectivity index (χ0) is 29.6. The lowest BCUT2D eigenvalue weighted by Gasteiger charge is -2.15. The number of pyridine rings is 1. The van der Waals surface area contributed by atoms with Crippen LogP contribution in [0.3, 0.4) is 0 Å². The zero-order valence-corrected chi connectivity index (χ0v) is 23.9. The number of fused-ring (bicyclic) bond motifs is 2. The summed E-state index contributed by atoms with van der Waals surface area (Å²) < 4.78 is 45.0. The first-order valence-corrected chi connectivity index (χ1v) is 14.9. The molecule has 0 aliphatic carbocycles. The van der Waals surface area contributed by atoms with Crippen molar-refractivity contribution < 1.29 is 36.6 Å². The highest BCUT2D eigenvalue weighted by molar-refractivity contribution is 7.85. The van der Waals surface area contributed by atoms with Gasteiger partial charge in [-0.25, -0.2) is 4.79 Å². The summed E-state index contributed by atoms with van der Waals surface area (Å²) >= 11 is 0. The molecule has 0 bridgehead atoms. The Labute approximate surface area is 238 Å². The van der Waals surface area contributed by atoms with E-state index in [1.807, 2.05) is 53.1 Å². The molecule has 4 N–H and O–H groups in total. The summed E-state index contributed by atoms with van der Waals surface area (Å²) in [5.41, 5.74) is 8.93. The van der Waals surface area contributed by atoms with Crippen molar-refractivity contribution >= 4 is 43.8 Å². The van der Waals surface area contributed by atoms with E-state index in [-0.39, 0.29) is 18.1 Å². The molecule has 0 unspecified atom stereocenters. The summed E-state index contributed by atoms with van der Waals surface area (Å²) in [5.74, 6) is -0.816. The second kappa shape index (κ2) is 13.2. The maximum Gasteiger partial charge on any atom is 0.345 e. The van der Waals surface area contributed by atoms with E-state index in [0.717, 1.165) is 11.0 Å². The number of hydrogen-bond donors (Lipinski definition) is 3. The summed E-state index contributed by atoms with van der Waals surface area (Å²) in [5, 5.41) is 4.09. The van der Waals surface area contributed by atoms with E-state index < -0.39 is 16.1 Å². The number of nitrogens with zero attached hydrogens (tertiary/aromatic N) is 1. The van der Waals surface area contributed by atoms with Crippen LogP contribution >= 0.6 is 0 Å². The van der Waals surface area contributed by atoms with Crippen LogP contribution in [-0.2, 0) is 21.4 Å². The van der Waals surface area contributed by atoms with Crippen LogP contribution in [0.4, 0.5) is 0 Å². The lowest BCUT2D eigenvalue weighted by Crippen LogP contribution is -2.37. The normalized spacial score (nSPS) is 11.6. The second-order valence-corrected chi connectivity index (χ2v) is 11.3. The minimum Gasteiger partial charge on any atom is -0.422 e. The molecule has 1 amide bonds. The van der Waals surface area contributed by atoms with Crippen molar-refractivity contribution in [3.63, 3.8) is 0 Å². The Morgan fingerprint density at radius 1 is 0.951 bits per heavy atom. The van der Waals surface area contributed by atoms with Gasteiger partial charge in [-0.05, 0) is 49.2 Å². The summed E-state index contributed by atoms with van der Waals surface area (Å²) in [6.07, 6.45) is 0.195. The Morgan fingerprint density at radius 3 is 2.10 bits per heavy atom. The molecule has 0 radical (unpaired) electrons. The van der Waals surface area contributed by atoms with Crippen molar-refractivity contribution in [2.45, 2.75) is 26.8 Å². The van der Waals surface area contributed by atoms with Crippen molar-refractivity contribution in [3.8, 4) is 5.75 Å². The smallest absolute Gasteiger partial charge is 0.345 e. The molecule has 0 aliphatic heterocycles. The van der Waals surface area contributed by atoms with Gasteiger partial charge >= 0.3 is 5.97 Å². The molecule has 0 fully saturated rings. The summed E-state index contributed by atoms with van der Waals surface area (Å²) in [7, 11) is -4.10. The molecule has 4 aromatic rings. The van der Waals surface area contributed by atoms with Gasteiger partial charge < -0.3 is 20.5 Å². The average molecular weight is 581 g/mol. The summed E-state index contributed by atoms with van der Waals surface area (Å²) in [6, 6.07) is 18.0. The van der Waals surface area contributed by atoms with Gasteiger partial charge in [0.2, 0.25) is 11.0 Å². The number of benzene rings is 3. The van der Waals surface area contributed by atoms with Crippen LogP contribution in [0, 0.1) is 13.8 Å². The molecule has 11 heteroatoms. The molecule has 0 atom stereocenters. The third-order valence-electron chi connectivity index (χ3n) is 6.63. The van der Waals surface area contributed by atoms with E-state index >= 15 is 0 Å². The Bertz CT molecular complexity index is 1620. The van der Waals surface area contributed by atoms with Gasteiger partial charge in [0.05, 0.1) is 35.3 Å². The van der Waals surface area contributed by atoms with Crippen LogP contribution in [0.25, 0.3) is 21.8 Å². The highest BCUT2D eigenvalue weighted by Crippen LogP contribution is 2.30. The average Bonchev–Trinajstić information content (AvgIpc) is 2.93. The van der Waals surface area contributed by atoms with Crippen LogP contribution in [0.1, 0.15) is 38.3 Å². The lowest BCUT2D eigenvalue weighted by atomic mass is 10.0. The topological polar surface area (TPSA) is 149 Å². The number of aromatic nitrogens is 1. The Kier molecular flexibility index (Phi) is 9.66. The van der Waals surface area contributed by atoms with E-state index in [0.29, 0.717) is 71.6 Å². The van der Waals surface area contributed by atoms with Gasteiger partial charge in [0.1, 0.15) is 5.75 Å². The minimum absolute atomic E-state index is 0.195. The molecule has 216 valence electrons. The standard InChI is InChI=1S/C30H33N3O7S/c1-20-18-22(29(34)32-13-16-39-15-12-31)19-21(2)28(20)40-30(35)27-23-8-3-5-10-25(23)33(14-7-17-41(36,37)38)26-11-6-4-9-24(26)27/h3-6,8-11,18-19H,7,12-17,31H2,1-2H3,(H-,32,34,36,37,38)/p+1. The number of amides is 1. The number of hydrogen-bond acceptors (Lipinski definition) is 7. The first-order valence-electron chi connectivity index (χ1n) is 13.3. The molecular weight excluding hydrogens is 546 g/mol. The predicted molar refractivity (Wildman–Crippen MR) is 156 cm³/mol. The molecule has 3 aromatic carbocycles. The Morgan fingerprint density at radius 2 is 1.54 bits per heavy atom. The molecule has 0 saturated heterocycles. The maximum absolute atomic E-state index is 13.8. The fraction of sp³-hybridized carbons (Fsp3) is 0.300. The molecule has 0 spiro atoms. The fourth-order valence-electron chi connectivity index (χ4n) is 4.89. The quantitative estimate of drug-likeness (QED) is 0.0578. The SMILES string of the molecule is Cc1cc(C(=O)NCCOCCN)cc(C)c1OC(=O)c1c2ccccc2[n+](CCCS(=O)(=O)O)c2ccccc12. The van der Waals surface area contributed by atoms with Gasteiger partial charge in [0.15, 0.2) is 6.54 Å². The van der Waals surface area contributed by atoms with E-state index in [4.69, 9.17) is 15.2 Å². The summed E-state index contributed by atoms with van der Waals surface area (Å²) in [6.45, 7) is 5.42. The van der Waals surface area contributed by atoms with E-state index in [2.05, 4.69) is 5.32 Å². The number of nitrogens with two attached hydrogens (primary N) is 1. The molecule has 10 nitrogen and oxygen atoms in total. The monoisotopic (exact) mass is 580 g/mol. The second-order valence-electron chi connectivity index (χ2n) is 9.69. The maximum atomic E-state index is 13.8. The molecule has 4 rings (SSSR count). The number of carbonyl (C=O) groups is 2. The van der Waals surface area contributed by atoms with Gasteiger partial charge in [-0.3, -0.25) is 9.35 Å². The molecule has 0 saturated carbocycles. The predicted octanol–water partition coefficient (Wildman–Crippen LogP) is 3.10. The van der Waals surface area contributed by atoms with Crippen molar-refractivity contribution in [1.82, 2.24) is 5.32 Å². The Balaban J connectivity index is 1.66. The van der Waals surface area contributed by atoms with Gasteiger partial charge in [-0.2, -0.15) is 13.0 Å². The van der Waals surface area contributed by atoms with Gasteiger partial charge in [0, 0.05) is 37.2 Å².